The molecule has 1 rings (SSSR count). The fraction of sp³-hybridized carbons (Fsp3) is 0.375. The summed E-state index contributed by atoms with van der Waals surface area (Å²) in [5.74, 6) is 0. The number of hydrogen-bond acceptors (Lipinski definition) is 2. The lowest BCUT2D eigenvalue weighted by Gasteiger charge is -2.07. The Morgan fingerprint density at radius 1 is 1.62 bits per heavy atom. The van der Waals surface area contributed by atoms with Crippen LogP contribution in [0.5, 0.6) is 0 Å². The normalized spacial score (nSPS) is 10.9. The van der Waals surface area contributed by atoms with Crippen molar-refractivity contribution in [3.8, 4) is 0 Å². The number of alkyl halides is 2. The van der Waals surface area contributed by atoms with Crippen LogP contribution in [0.2, 0.25) is 0 Å². The molecule has 1 aromatic rings. The summed E-state index contributed by atoms with van der Waals surface area (Å²) in [6.07, 6.45) is -2.63. The standard InChI is InChI=1S/C8H8F2INO/c1-4-2-5(3-13)6(7(9)10)12-8(4)11/h2,7,13H,3H2,1H3. The summed E-state index contributed by atoms with van der Waals surface area (Å²) in [4.78, 5) is 3.72. The van der Waals surface area contributed by atoms with Crippen LogP contribution in [-0.4, -0.2) is 10.1 Å². The summed E-state index contributed by atoms with van der Waals surface area (Å²) >= 11 is 1.89. The van der Waals surface area contributed by atoms with Crippen LogP contribution in [0.15, 0.2) is 6.07 Å². The van der Waals surface area contributed by atoms with Crippen molar-refractivity contribution in [2.75, 3.05) is 0 Å². The van der Waals surface area contributed by atoms with E-state index in [-0.39, 0.29) is 11.3 Å². The minimum atomic E-state index is -2.63. The van der Waals surface area contributed by atoms with Gasteiger partial charge in [0.2, 0.25) is 0 Å². The Hall–Kier alpha value is -0.300. The second-order valence-corrected chi connectivity index (χ2v) is 3.62. The van der Waals surface area contributed by atoms with Crippen LogP contribution < -0.4 is 0 Å². The molecule has 0 spiro atoms. The van der Waals surface area contributed by atoms with E-state index in [0.717, 1.165) is 5.56 Å². The molecule has 0 atom stereocenters. The number of aliphatic hydroxyl groups excluding tert-OH is 1. The highest BCUT2D eigenvalue weighted by Gasteiger charge is 2.15. The number of aryl methyl sites for hydroxylation is 1. The number of aliphatic hydroxyl groups is 1. The van der Waals surface area contributed by atoms with Gasteiger partial charge in [0.15, 0.2) is 0 Å². The summed E-state index contributed by atoms with van der Waals surface area (Å²) in [5.41, 5.74) is 0.680. The second-order valence-electron chi connectivity index (χ2n) is 2.60. The zero-order valence-corrected chi connectivity index (χ0v) is 9.05. The number of nitrogens with zero attached hydrogens (tertiary/aromatic N) is 1. The number of hydrogen-bond donors (Lipinski definition) is 1. The molecule has 0 aliphatic rings. The van der Waals surface area contributed by atoms with Gasteiger partial charge in [0, 0.05) is 5.56 Å². The van der Waals surface area contributed by atoms with Crippen LogP contribution in [0.4, 0.5) is 8.78 Å². The van der Waals surface area contributed by atoms with Crippen molar-refractivity contribution in [3.63, 3.8) is 0 Å². The van der Waals surface area contributed by atoms with Crippen molar-refractivity contribution in [3.05, 3.63) is 26.6 Å². The molecular weight excluding hydrogens is 291 g/mol. The molecule has 72 valence electrons. The summed E-state index contributed by atoms with van der Waals surface area (Å²) in [6, 6.07) is 1.54. The van der Waals surface area contributed by atoms with E-state index in [1.165, 1.54) is 6.07 Å². The molecule has 0 amide bonds. The van der Waals surface area contributed by atoms with Crippen molar-refractivity contribution in [1.82, 2.24) is 4.98 Å². The van der Waals surface area contributed by atoms with Gasteiger partial charge in [0.1, 0.15) is 9.39 Å². The highest BCUT2D eigenvalue weighted by Crippen LogP contribution is 2.23. The molecule has 0 aromatic carbocycles. The maximum absolute atomic E-state index is 12.3. The first-order valence-corrected chi connectivity index (χ1v) is 4.69. The average molecular weight is 299 g/mol. The quantitative estimate of drug-likeness (QED) is 0.672. The monoisotopic (exact) mass is 299 g/mol. The molecule has 5 heteroatoms. The minimum Gasteiger partial charge on any atom is -0.392 e. The molecule has 0 aliphatic heterocycles. The van der Waals surface area contributed by atoms with E-state index in [4.69, 9.17) is 5.11 Å². The summed E-state index contributed by atoms with van der Waals surface area (Å²) < 4.78 is 25.2. The predicted molar refractivity (Wildman–Crippen MR) is 52.6 cm³/mol. The zero-order chi connectivity index (χ0) is 10.0. The van der Waals surface area contributed by atoms with Crippen LogP contribution in [0, 0.1) is 10.6 Å². The molecule has 0 bridgehead atoms. The van der Waals surface area contributed by atoms with Gasteiger partial charge in [-0.15, -0.1) is 0 Å². The van der Waals surface area contributed by atoms with Crippen molar-refractivity contribution in [1.29, 1.82) is 0 Å². The molecule has 0 fully saturated rings. The van der Waals surface area contributed by atoms with Gasteiger partial charge in [-0.1, -0.05) is 0 Å². The molecular formula is C8H8F2INO. The predicted octanol–water partition coefficient (Wildman–Crippen LogP) is 2.42. The van der Waals surface area contributed by atoms with Crippen molar-refractivity contribution in [2.24, 2.45) is 0 Å². The molecule has 0 saturated carbocycles. The van der Waals surface area contributed by atoms with Crippen LogP contribution in [-0.2, 0) is 6.61 Å². The van der Waals surface area contributed by atoms with Crippen LogP contribution in [0.25, 0.3) is 0 Å². The highest BCUT2D eigenvalue weighted by atomic mass is 127. The lowest BCUT2D eigenvalue weighted by Crippen LogP contribution is -2.02. The molecule has 0 aliphatic carbocycles. The fourth-order valence-corrected chi connectivity index (χ4v) is 1.39. The van der Waals surface area contributed by atoms with Gasteiger partial charge in [-0.2, -0.15) is 0 Å². The fourth-order valence-electron chi connectivity index (χ4n) is 0.976. The smallest absolute Gasteiger partial charge is 0.280 e. The van der Waals surface area contributed by atoms with Crippen molar-refractivity contribution >= 4 is 22.6 Å². The van der Waals surface area contributed by atoms with E-state index in [2.05, 4.69) is 4.98 Å². The van der Waals surface area contributed by atoms with Gasteiger partial charge in [-0.3, -0.25) is 0 Å². The van der Waals surface area contributed by atoms with Gasteiger partial charge in [0.05, 0.1) is 6.61 Å². The zero-order valence-electron chi connectivity index (χ0n) is 6.89. The van der Waals surface area contributed by atoms with Crippen LogP contribution >= 0.6 is 22.6 Å². The Labute approximate surface area is 88.1 Å². The molecule has 0 unspecified atom stereocenters. The summed E-state index contributed by atoms with van der Waals surface area (Å²) in [7, 11) is 0. The molecule has 0 radical (unpaired) electrons. The van der Waals surface area contributed by atoms with E-state index in [1.807, 2.05) is 22.6 Å². The van der Waals surface area contributed by atoms with Crippen molar-refractivity contribution < 1.29 is 13.9 Å². The molecule has 2 nitrogen and oxygen atoms in total. The van der Waals surface area contributed by atoms with Crippen molar-refractivity contribution in [2.45, 2.75) is 20.0 Å². The van der Waals surface area contributed by atoms with Gasteiger partial charge in [-0.05, 0) is 41.1 Å². The molecule has 0 saturated heterocycles. The highest BCUT2D eigenvalue weighted by molar-refractivity contribution is 14.1. The van der Waals surface area contributed by atoms with Crippen LogP contribution in [0.3, 0.4) is 0 Å². The van der Waals surface area contributed by atoms with E-state index >= 15 is 0 Å². The van der Waals surface area contributed by atoms with E-state index in [1.54, 1.807) is 6.92 Å². The molecule has 1 N–H and O–H groups in total. The topological polar surface area (TPSA) is 33.1 Å². The lowest BCUT2D eigenvalue weighted by atomic mass is 10.1. The van der Waals surface area contributed by atoms with Gasteiger partial charge >= 0.3 is 0 Å². The third-order valence-electron chi connectivity index (χ3n) is 1.64. The maximum atomic E-state index is 12.3. The third-order valence-corrected chi connectivity index (χ3v) is 2.73. The van der Waals surface area contributed by atoms with Crippen LogP contribution in [0.1, 0.15) is 23.2 Å². The number of halogens is 3. The molecule has 1 aromatic heterocycles. The Morgan fingerprint density at radius 2 is 2.23 bits per heavy atom. The average Bonchev–Trinajstić information content (AvgIpc) is 2.08. The number of pyridine rings is 1. The Kier molecular flexibility index (Phi) is 3.55. The third kappa shape index (κ3) is 2.34. The van der Waals surface area contributed by atoms with E-state index in [0.29, 0.717) is 3.70 Å². The Balaban J connectivity index is 3.25. The largest absolute Gasteiger partial charge is 0.392 e. The SMILES string of the molecule is Cc1cc(CO)c(C(F)F)nc1I. The first-order chi connectivity index (χ1) is 6.06. The lowest BCUT2D eigenvalue weighted by molar-refractivity contribution is 0.141. The number of aromatic nitrogens is 1. The summed E-state index contributed by atoms with van der Waals surface area (Å²) in [6.45, 7) is 1.37. The maximum Gasteiger partial charge on any atom is 0.280 e. The number of rotatable bonds is 2. The molecule has 13 heavy (non-hydrogen) atoms. The minimum absolute atomic E-state index is 0.202. The van der Waals surface area contributed by atoms with E-state index < -0.39 is 13.0 Å². The van der Waals surface area contributed by atoms with E-state index in [9.17, 15) is 8.78 Å². The van der Waals surface area contributed by atoms with Gasteiger partial charge < -0.3 is 5.11 Å². The van der Waals surface area contributed by atoms with Gasteiger partial charge in [-0.25, -0.2) is 13.8 Å². The first-order valence-electron chi connectivity index (χ1n) is 3.61. The summed E-state index contributed by atoms with van der Waals surface area (Å²) in [5, 5.41) is 8.81. The second kappa shape index (κ2) is 4.28. The Bertz CT molecular complexity index is 317. The van der Waals surface area contributed by atoms with Gasteiger partial charge in [0.25, 0.3) is 6.43 Å². The molecule has 1 heterocycles. The first kappa shape index (κ1) is 10.8. The Morgan fingerprint density at radius 3 is 2.69 bits per heavy atom.